The molecule has 0 bridgehead atoms. The normalized spacial score (nSPS) is 22.4. The number of carbonyl (C=O) groups excluding carboxylic acids is 1. The topological polar surface area (TPSA) is 61.4 Å². The standard InChI is InChI=1S/C19H20ClFN2O2.ClH/c1-12-7-8-14(21)16(17(12)20)18(25)23-19(9-10-22-11-15(19)24)13-5-3-2-4-6-13;/h2-8,15,22,24H,9-11H2,1H3,(H,23,25);1H/t15-,19+;/m1./s1. The molecule has 1 fully saturated rings. The molecule has 26 heavy (non-hydrogen) atoms. The maximum absolute atomic E-state index is 14.2. The average molecular weight is 399 g/mol. The third-order valence-corrected chi connectivity index (χ3v) is 5.23. The molecule has 0 spiro atoms. The maximum Gasteiger partial charge on any atom is 0.256 e. The second-order valence-electron chi connectivity index (χ2n) is 6.31. The number of β-amino-alcohol motifs (C(OH)–C–C–N with tert-alkyl or cyclic N) is 1. The minimum Gasteiger partial charge on any atom is -0.389 e. The molecule has 0 aromatic heterocycles. The number of halogens is 3. The van der Waals surface area contributed by atoms with Crippen LogP contribution in [-0.4, -0.2) is 30.2 Å². The number of nitrogens with one attached hydrogen (secondary N) is 2. The van der Waals surface area contributed by atoms with Crippen LogP contribution in [0.5, 0.6) is 0 Å². The number of piperidine rings is 1. The summed E-state index contributed by atoms with van der Waals surface area (Å²) in [6, 6.07) is 12.0. The molecule has 2 aromatic carbocycles. The van der Waals surface area contributed by atoms with Crippen molar-refractivity contribution in [2.24, 2.45) is 0 Å². The van der Waals surface area contributed by atoms with E-state index in [-0.39, 0.29) is 23.0 Å². The molecule has 1 saturated heterocycles. The van der Waals surface area contributed by atoms with Gasteiger partial charge in [-0.15, -0.1) is 12.4 Å². The highest BCUT2D eigenvalue weighted by molar-refractivity contribution is 6.34. The molecule has 0 aliphatic carbocycles. The predicted octanol–water partition coefficient (Wildman–Crippen LogP) is 3.19. The van der Waals surface area contributed by atoms with Crippen LogP contribution in [0.3, 0.4) is 0 Å². The molecule has 0 radical (unpaired) electrons. The highest BCUT2D eigenvalue weighted by atomic mass is 35.5. The van der Waals surface area contributed by atoms with Crippen LogP contribution in [0.4, 0.5) is 4.39 Å². The van der Waals surface area contributed by atoms with Gasteiger partial charge in [-0.25, -0.2) is 4.39 Å². The molecule has 2 atom stereocenters. The SMILES string of the molecule is Cc1ccc(F)c(C(=O)N[C@]2(c3ccccc3)CCNC[C@H]2O)c1Cl.Cl. The summed E-state index contributed by atoms with van der Waals surface area (Å²) >= 11 is 6.16. The third-order valence-electron chi connectivity index (χ3n) is 4.74. The monoisotopic (exact) mass is 398 g/mol. The van der Waals surface area contributed by atoms with E-state index in [9.17, 15) is 14.3 Å². The lowest BCUT2D eigenvalue weighted by atomic mass is 9.79. The Hall–Kier alpha value is -1.66. The fourth-order valence-corrected chi connectivity index (χ4v) is 3.52. The van der Waals surface area contributed by atoms with E-state index in [1.165, 1.54) is 12.1 Å². The van der Waals surface area contributed by atoms with Gasteiger partial charge in [0, 0.05) is 6.54 Å². The number of aliphatic hydroxyl groups is 1. The Kier molecular flexibility index (Phi) is 6.64. The summed E-state index contributed by atoms with van der Waals surface area (Å²) < 4.78 is 14.2. The molecule has 140 valence electrons. The van der Waals surface area contributed by atoms with Crippen LogP contribution in [-0.2, 0) is 5.54 Å². The molecule has 1 amide bonds. The van der Waals surface area contributed by atoms with Crippen molar-refractivity contribution in [1.29, 1.82) is 0 Å². The molecule has 1 aliphatic heterocycles. The van der Waals surface area contributed by atoms with E-state index in [4.69, 9.17) is 11.6 Å². The Morgan fingerprint density at radius 3 is 2.65 bits per heavy atom. The molecule has 2 aromatic rings. The van der Waals surface area contributed by atoms with E-state index < -0.39 is 23.4 Å². The second kappa shape index (κ2) is 8.35. The van der Waals surface area contributed by atoms with Crippen molar-refractivity contribution in [1.82, 2.24) is 10.6 Å². The minimum absolute atomic E-state index is 0. The van der Waals surface area contributed by atoms with Gasteiger partial charge in [-0.3, -0.25) is 4.79 Å². The molecule has 3 rings (SSSR count). The van der Waals surface area contributed by atoms with Crippen LogP contribution < -0.4 is 10.6 Å². The highest BCUT2D eigenvalue weighted by Gasteiger charge is 2.43. The summed E-state index contributed by atoms with van der Waals surface area (Å²) in [6.07, 6.45) is -0.367. The smallest absolute Gasteiger partial charge is 0.256 e. The lowest BCUT2D eigenvalue weighted by Crippen LogP contribution is -2.61. The Balaban J connectivity index is 0.00000243. The summed E-state index contributed by atoms with van der Waals surface area (Å²) in [7, 11) is 0. The van der Waals surface area contributed by atoms with E-state index in [1.807, 2.05) is 30.3 Å². The zero-order valence-corrected chi connectivity index (χ0v) is 15.8. The quantitative estimate of drug-likeness (QED) is 0.743. The van der Waals surface area contributed by atoms with Crippen molar-refractivity contribution in [2.45, 2.75) is 25.0 Å². The molecule has 0 saturated carbocycles. The second-order valence-corrected chi connectivity index (χ2v) is 6.69. The Morgan fingerprint density at radius 1 is 1.31 bits per heavy atom. The van der Waals surface area contributed by atoms with E-state index in [0.717, 1.165) is 5.56 Å². The summed E-state index contributed by atoms with van der Waals surface area (Å²) in [6.45, 7) is 2.67. The molecule has 3 N–H and O–H groups in total. The minimum atomic E-state index is -0.997. The van der Waals surface area contributed by atoms with E-state index in [2.05, 4.69) is 10.6 Å². The van der Waals surface area contributed by atoms with E-state index in [0.29, 0.717) is 25.1 Å². The molecule has 7 heteroatoms. The fraction of sp³-hybridized carbons (Fsp3) is 0.316. The first kappa shape index (κ1) is 20.6. The van der Waals surface area contributed by atoms with Crippen molar-refractivity contribution < 1.29 is 14.3 Å². The summed E-state index contributed by atoms with van der Waals surface area (Å²) in [5.41, 5.74) is 0.209. The van der Waals surface area contributed by atoms with Crippen molar-refractivity contribution in [3.8, 4) is 0 Å². The van der Waals surface area contributed by atoms with Crippen molar-refractivity contribution in [3.63, 3.8) is 0 Å². The lowest BCUT2D eigenvalue weighted by molar-refractivity contribution is 0.0288. The number of amides is 1. The largest absolute Gasteiger partial charge is 0.389 e. The number of hydrogen-bond acceptors (Lipinski definition) is 3. The predicted molar refractivity (Wildman–Crippen MR) is 102 cm³/mol. The molecular formula is C19H21Cl2FN2O2. The van der Waals surface area contributed by atoms with Gasteiger partial charge in [0.05, 0.1) is 22.2 Å². The maximum atomic E-state index is 14.2. The Bertz CT molecular complexity index is 789. The summed E-state index contributed by atoms with van der Waals surface area (Å²) in [5, 5.41) is 16.7. The van der Waals surface area contributed by atoms with Gasteiger partial charge in [0.25, 0.3) is 5.91 Å². The van der Waals surface area contributed by atoms with Crippen LogP contribution in [0.25, 0.3) is 0 Å². The van der Waals surface area contributed by atoms with Gasteiger partial charge in [-0.05, 0) is 37.1 Å². The van der Waals surface area contributed by atoms with Crippen LogP contribution in [0.15, 0.2) is 42.5 Å². The summed E-state index contributed by atoms with van der Waals surface area (Å²) in [5.74, 6) is -1.31. The van der Waals surface area contributed by atoms with Crippen LogP contribution in [0.1, 0.15) is 27.9 Å². The number of hydrogen-bond donors (Lipinski definition) is 3. The van der Waals surface area contributed by atoms with Gasteiger partial charge in [0.15, 0.2) is 0 Å². The van der Waals surface area contributed by atoms with Crippen molar-refractivity contribution in [3.05, 3.63) is 70.0 Å². The first-order chi connectivity index (χ1) is 12.0. The molecule has 4 nitrogen and oxygen atoms in total. The van der Waals surface area contributed by atoms with E-state index in [1.54, 1.807) is 6.92 Å². The van der Waals surface area contributed by atoms with Crippen molar-refractivity contribution in [2.75, 3.05) is 13.1 Å². The molecule has 0 unspecified atom stereocenters. The zero-order valence-electron chi connectivity index (χ0n) is 14.3. The van der Waals surface area contributed by atoms with Crippen LogP contribution >= 0.6 is 24.0 Å². The first-order valence-corrected chi connectivity index (χ1v) is 8.55. The van der Waals surface area contributed by atoms with Crippen LogP contribution in [0, 0.1) is 12.7 Å². The molecule has 1 heterocycles. The number of benzene rings is 2. The zero-order chi connectivity index (χ0) is 18.0. The number of carbonyl (C=O) groups is 1. The Labute approximate surface area is 163 Å². The van der Waals surface area contributed by atoms with Gasteiger partial charge < -0.3 is 15.7 Å². The van der Waals surface area contributed by atoms with Gasteiger partial charge in [-0.2, -0.15) is 0 Å². The van der Waals surface area contributed by atoms with Gasteiger partial charge in [0.1, 0.15) is 5.82 Å². The fourth-order valence-electron chi connectivity index (χ4n) is 3.29. The first-order valence-electron chi connectivity index (χ1n) is 8.17. The number of rotatable bonds is 3. The van der Waals surface area contributed by atoms with Gasteiger partial charge in [0.2, 0.25) is 0 Å². The van der Waals surface area contributed by atoms with E-state index >= 15 is 0 Å². The molecular weight excluding hydrogens is 378 g/mol. The summed E-state index contributed by atoms with van der Waals surface area (Å²) in [4.78, 5) is 12.9. The van der Waals surface area contributed by atoms with Crippen molar-refractivity contribution >= 4 is 29.9 Å². The third kappa shape index (κ3) is 3.71. The number of aryl methyl sites for hydroxylation is 1. The van der Waals surface area contributed by atoms with Gasteiger partial charge >= 0.3 is 0 Å². The lowest BCUT2D eigenvalue weighted by Gasteiger charge is -2.43. The number of aliphatic hydroxyl groups excluding tert-OH is 1. The van der Waals surface area contributed by atoms with Gasteiger partial charge in [-0.1, -0.05) is 48.0 Å². The molecule has 1 aliphatic rings. The Morgan fingerprint density at radius 2 is 2.00 bits per heavy atom. The highest BCUT2D eigenvalue weighted by Crippen LogP contribution is 2.32. The van der Waals surface area contributed by atoms with Crippen LogP contribution in [0.2, 0.25) is 5.02 Å². The average Bonchev–Trinajstić information content (AvgIpc) is 2.61.